The zero-order valence-corrected chi connectivity index (χ0v) is 13.2. The fourth-order valence-electron chi connectivity index (χ4n) is 2.48. The molecule has 0 bridgehead atoms. The van der Waals surface area contributed by atoms with Crippen LogP contribution in [0.15, 0.2) is 24.3 Å². The number of rotatable bonds is 7. The standard InChI is InChI=1S/C16H24N2O4/c1-20-11-12-22-14-5-3-13(4-6-14)18-15(19)16(21-2)7-9-17-10-8-16/h3-6,17H,7-12H2,1-2H3,(H,18,19). The maximum Gasteiger partial charge on any atom is 0.256 e. The molecule has 122 valence electrons. The van der Waals surface area contributed by atoms with E-state index in [0.717, 1.165) is 24.5 Å². The molecule has 0 spiro atoms. The topological polar surface area (TPSA) is 68.8 Å². The van der Waals surface area contributed by atoms with E-state index in [4.69, 9.17) is 14.2 Å². The smallest absolute Gasteiger partial charge is 0.256 e. The lowest BCUT2D eigenvalue weighted by Crippen LogP contribution is -2.51. The van der Waals surface area contributed by atoms with E-state index in [1.807, 2.05) is 24.3 Å². The van der Waals surface area contributed by atoms with Gasteiger partial charge < -0.3 is 24.8 Å². The second kappa shape index (κ2) is 8.12. The number of nitrogens with one attached hydrogen (secondary N) is 2. The average molecular weight is 308 g/mol. The highest BCUT2D eigenvalue weighted by atomic mass is 16.5. The molecule has 1 aliphatic rings. The summed E-state index contributed by atoms with van der Waals surface area (Å²) in [6, 6.07) is 7.30. The molecule has 0 atom stereocenters. The highest BCUT2D eigenvalue weighted by Gasteiger charge is 2.39. The predicted octanol–water partition coefficient (Wildman–Crippen LogP) is 1.42. The Hall–Kier alpha value is -1.63. The van der Waals surface area contributed by atoms with Crippen LogP contribution in [-0.2, 0) is 14.3 Å². The lowest BCUT2D eigenvalue weighted by atomic mass is 9.91. The lowest BCUT2D eigenvalue weighted by molar-refractivity contribution is -0.140. The van der Waals surface area contributed by atoms with Gasteiger partial charge in [-0.15, -0.1) is 0 Å². The quantitative estimate of drug-likeness (QED) is 0.746. The Morgan fingerprint density at radius 1 is 1.18 bits per heavy atom. The van der Waals surface area contributed by atoms with Crippen molar-refractivity contribution in [3.05, 3.63) is 24.3 Å². The summed E-state index contributed by atoms with van der Waals surface area (Å²) in [5.74, 6) is 0.655. The minimum Gasteiger partial charge on any atom is -0.491 e. The molecule has 6 nitrogen and oxygen atoms in total. The summed E-state index contributed by atoms with van der Waals surface area (Å²) < 4.78 is 15.9. The number of amides is 1. The monoisotopic (exact) mass is 308 g/mol. The Balaban J connectivity index is 1.93. The van der Waals surface area contributed by atoms with Crippen LogP contribution in [0.4, 0.5) is 5.69 Å². The van der Waals surface area contributed by atoms with Crippen molar-refractivity contribution in [2.24, 2.45) is 0 Å². The van der Waals surface area contributed by atoms with Crippen molar-refractivity contribution in [2.75, 3.05) is 45.8 Å². The zero-order valence-electron chi connectivity index (χ0n) is 13.2. The molecule has 1 aliphatic heterocycles. The number of hydrogen-bond donors (Lipinski definition) is 2. The number of benzene rings is 1. The molecule has 0 radical (unpaired) electrons. The van der Waals surface area contributed by atoms with Gasteiger partial charge in [-0.2, -0.15) is 0 Å². The average Bonchev–Trinajstić information content (AvgIpc) is 2.57. The summed E-state index contributed by atoms with van der Waals surface area (Å²) in [6.07, 6.45) is 1.35. The molecular weight excluding hydrogens is 284 g/mol. The van der Waals surface area contributed by atoms with Crippen LogP contribution in [0.3, 0.4) is 0 Å². The Kier molecular flexibility index (Phi) is 6.18. The van der Waals surface area contributed by atoms with Crippen LogP contribution in [0.5, 0.6) is 5.75 Å². The van der Waals surface area contributed by atoms with Crippen LogP contribution in [-0.4, -0.2) is 52.0 Å². The molecular formula is C16H24N2O4. The molecule has 1 saturated heterocycles. The fourth-order valence-corrected chi connectivity index (χ4v) is 2.48. The summed E-state index contributed by atoms with van der Waals surface area (Å²) >= 11 is 0. The largest absolute Gasteiger partial charge is 0.491 e. The van der Waals surface area contributed by atoms with Gasteiger partial charge in [-0.25, -0.2) is 0 Å². The van der Waals surface area contributed by atoms with Crippen molar-refractivity contribution in [3.63, 3.8) is 0 Å². The first-order valence-electron chi connectivity index (χ1n) is 7.49. The number of ether oxygens (including phenoxy) is 3. The van der Waals surface area contributed by atoms with Crippen molar-refractivity contribution in [1.82, 2.24) is 5.32 Å². The van der Waals surface area contributed by atoms with E-state index in [2.05, 4.69) is 10.6 Å². The molecule has 1 heterocycles. The van der Waals surface area contributed by atoms with Gasteiger partial charge in [0.25, 0.3) is 5.91 Å². The van der Waals surface area contributed by atoms with Gasteiger partial charge >= 0.3 is 0 Å². The Bertz CT molecular complexity index is 470. The van der Waals surface area contributed by atoms with Crippen molar-refractivity contribution >= 4 is 11.6 Å². The zero-order chi connectivity index (χ0) is 15.8. The number of hydrogen-bond acceptors (Lipinski definition) is 5. The fraction of sp³-hybridized carbons (Fsp3) is 0.562. The summed E-state index contributed by atoms with van der Waals surface area (Å²) in [5.41, 5.74) is -0.00199. The number of carbonyl (C=O) groups excluding carboxylic acids is 1. The van der Waals surface area contributed by atoms with Crippen LogP contribution < -0.4 is 15.4 Å². The van der Waals surface area contributed by atoms with Gasteiger partial charge in [0.05, 0.1) is 6.61 Å². The molecule has 2 N–H and O–H groups in total. The Labute approximate surface area is 131 Å². The van der Waals surface area contributed by atoms with Gasteiger partial charge in [-0.3, -0.25) is 4.79 Å². The Morgan fingerprint density at radius 2 is 1.86 bits per heavy atom. The van der Waals surface area contributed by atoms with Crippen LogP contribution in [0.2, 0.25) is 0 Å². The number of carbonyl (C=O) groups is 1. The van der Waals surface area contributed by atoms with Crippen molar-refractivity contribution in [3.8, 4) is 5.75 Å². The van der Waals surface area contributed by atoms with Crippen molar-refractivity contribution < 1.29 is 19.0 Å². The van der Waals surface area contributed by atoms with Crippen LogP contribution in [0.25, 0.3) is 0 Å². The first kappa shape index (κ1) is 16.7. The van der Waals surface area contributed by atoms with Gasteiger partial charge in [0.2, 0.25) is 0 Å². The van der Waals surface area contributed by atoms with E-state index >= 15 is 0 Å². The first-order chi connectivity index (χ1) is 10.7. The normalized spacial score (nSPS) is 17.0. The second-order valence-corrected chi connectivity index (χ2v) is 5.27. The number of methoxy groups -OCH3 is 2. The molecule has 0 unspecified atom stereocenters. The second-order valence-electron chi connectivity index (χ2n) is 5.27. The van der Waals surface area contributed by atoms with Crippen molar-refractivity contribution in [1.29, 1.82) is 0 Å². The van der Waals surface area contributed by atoms with Crippen molar-refractivity contribution in [2.45, 2.75) is 18.4 Å². The minimum absolute atomic E-state index is 0.0930. The third-order valence-electron chi connectivity index (χ3n) is 3.88. The summed E-state index contributed by atoms with van der Waals surface area (Å²) in [6.45, 7) is 2.62. The maximum atomic E-state index is 12.5. The van der Waals surface area contributed by atoms with Crippen LogP contribution in [0, 0.1) is 0 Å². The van der Waals surface area contributed by atoms with Gasteiger partial charge in [0.1, 0.15) is 18.0 Å². The van der Waals surface area contributed by atoms with E-state index in [9.17, 15) is 4.79 Å². The maximum absolute atomic E-state index is 12.5. The predicted molar refractivity (Wildman–Crippen MR) is 84.3 cm³/mol. The summed E-state index contributed by atoms with van der Waals surface area (Å²) in [5, 5.41) is 6.16. The molecule has 1 aromatic carbocycles. The SMILES string of the molecule is COCCOc1ccc(NC(=O)C2(OC)CCNCC2)cc1. The summed E-state index contributed by atoms with van der Waals surface area (Å²) in [4.78, 5) is 12.5. The van der Waals surface area contributed by atoms with Gasteiger partial charge in [-0.1, -0.05) is 0 Å². The first-order valence-corrected chi connectivity index (χ1v) is 7.49. The Morgan fingerprint density at radius 3 is 2.45 bits per heavy atom. The number of piperidine rings is 1. The van der Waals surface area contributed by atoms with Crippen LogP contribution in [0.1, 0.15) is 12.8 Å². The molecule has 0 saturated carbocycles. The van der Waals surface area contributed by atoms with E-state index in [0.29, 0.717) is 26.1 Å². The summed E-state index contributed by atoms with van der Waals surface area (Å²) in [7, 11) is 3.23. The minimum atomic E-state index is -0.737. The number of anilines is 1. The molecule has 0 aromatic heterocycles. The van der Waals surface area contributed by atoms with E-state index < -0.39 is 5.60 Å². The third-order valence-corrected chi connectivity index (χ3v) is 3.88. The van der Waals surface area contributed by atoms with E-state index in [-0.39, 0.29) is 5.91 Å². The van der Waals surface area contributed by atoms with Crippen LogP contribution >= 0.6 is 0 Å². The molecule has 0 aliphatic carbocycles. The van der Waals surface area contributed by atoms with Gasteiger partial charge in [0, 0.05) is 19.9 Å². The molecule has 22 heavy (non-hydrogen) atoms. The molecule has 1 amide bonds. The lowest BCUT2D eigenvalue weighted by Gasteiger charge is -2.34. The molecule has 1 aromatic rings. The third kappa shape index (κ3) is 4.19. The van der Waals surface area contributed by atoms with E-state index in [1.54, 1.807) is 14.2 Å². The molecule has 6 heteroatoms. The highest BCUT2D eigenvalue weighted by Crippen LogP contribution is 2.25. The molecule has 1 fully saturated rings. The highest BCUT2D eigenvalue weighted by molar-refractivity contribution is 5.97. The van der Waals surface area contributed by atoms with E-state index in [1.165, 1.54) is 0 Å². The van der Waals surface area contributed by atoms with Gasteiger partial charge in [0.15, 0.2) is 0 Å². The molecule has 2 rings (SSSR count). The van der Waals surface area contributed by atoms with Gasteiger partial charge in [-0.05, 0) is 50.2 Å².